The Bertz CT molecular complexity index is 459. The Morgan fingerprint density at radius 1 is 1.30 bits per heavy atom. The van der Waals surface area contributed by atoms with Crippen molar-refractivity contribution in [2.24, 2.45) is 5.73 Å². The van der Waals surface area contributed by atoms with Crippen LogP contribution in [0.5, 0.6) is 0 Å². The molecule has 0 saturated heterocycles. The predicted molar refractivity (Wildman–Crippen MR) is 83.2 cm³/mol. The number of rotatable bonds is 6. The number of hydrogen-bond acceptors (Lipinski definition) is 4. The second kappa shape index (κ2) is 7.64. The Morgan fingerprint density at radius 2 is 2.05 bits per heavy atom. The largest absolute Gasteiger partial charge is 0.330 e. The lowest BCUT2D eigenvalue weighted by Gasteiger charge is -2.22. The summed E-state index contributed by atoms with van der Waals surface area (Å²) in [6.45, 7) is 0.621. The molecule has 1 aliphatic carbocycles. The molecule has 0 spiro atoms. The van der Waals surface area contributed by atoms with Crippen LogP contribution in [0.25, 0.3) is 0 Å². The zero-order valence-corrected chi connectivity index (χ0v) is 12.5. The van der Waals surface area contributed by atoms with Gasteiger partial charge in [0.15, 0.2) is 0 Å². The normalized spacial score (nSPS) is 16.2. The third kappa shape index (κ3) is 4.21. The minimum absolute atomic E-state index is 0.185. The van der Waals surface area contributed by atoms with Crippen molar-refractivity contribution in [3.8, 4) is 0 Å². The van der Waals surface area contributed by atoms with E-state index in [9.17, 15) is 10.1 Å². The quantitative estimate of drug-likeness (QED) is 0.638. The Kier molecular flexibility index (Phi) is 5.86. The molecule has 110 valence electrons. The van der Waals surface area contributed by atoms with Gasteiger partial charge in [0.1, 0.15) is 0 Å². The molecule has 1 aromatic carbocycles. The molecule has 20 heavy (non-hydrogen) atoms. The lowest BCUT2D eigenvalue weighted by atomic mass is 10.0. The number of nitrogens with two attached hydrogens (primary N) is 1. The van der Waals surface area contributed by atoms with E-state index in [0.29, 0.717) is 11.8 Å². The average Bonchev–Trinajstić information content (AvgIpc) is 2.47. The SMILES string of the molecule is NCCCc1cc([N+](=O)[O-])ccc1SC1CCCCC1. The zero-order valence-electron chi connectivity index (χ0n) is 11.7. The Balaban J connectivity index is 2.14. The highest BCUT2D eigenvalue weighted by Gasteiger charge is 2.18. The molecule has 0 radical (unpaired) electrons. The molecule has 1 aromatic rings. The monoisotopic (exact) mass is 294 g/mol. The minimum Gasteiger partial charge on any atom is -0.330 e. The number of non-ortho nitro benzene ring substituents is 1. The molecular weight excluding hydrogens is 272 g/mol. The van der Waals surface area contributed by atoms with E-state index in [4.69, 9.17) is 5.73 Å². The number of nitro groups is 1. The maximum Gasteiger partial charge on any atom is 0.269 e. The molecule has 4 nitrogen and oxygen atoms in total. The molecule has 1 fully saturated rings. The fraction of sp³-hybridized carbons (Fsp3) is 0.600. The first-order valence-corrected chi connectivity index (χ1v) is 8.22. The zero-order chi connectivity index (χ0) is 14.4. The van der Waals surface area contributed by atoms with Crippen molar-refractivity contribution in [3.63, 3.8) is 0 Å². The number of nitro benzene ring substituents is 1. The molecule has 0 atom stereocenters. The standard InChI is InChI=1S/C15H22N2O2S/c16-10-4-5-12-11-13(17(18)19)8-9-15(12)20-14-6-2-1-3-7-14/h8-9,11,14H,1-7,10,16H2. The molecule has 0 bridgehead atoms. The van der Waals surface area contributed by atoms with Crippen LogP contribution in [0.4, 0.5) is 5.69 Å². The molecule has 0 heterocycles. The molecule has 2 N–H and O–H groups in total. The van der Waals surface area contributed by atoms with Crippen molar-refractivity contribution < 1.29 is 4.92 Å². The van der Waals surface area contributed by atoms with Gasteiger partial charge in [0.2, 0.25) is 0 Å². The summed E-state index contributed by atoms with van der Waals surface area (Å²) in [5, 5.41) is 11.6. The first-order valence-electron chi connectivity index (χ1n) is 7.34. The smallest absolute Gasteiger partial charge is 0.269 e. The van der Waals surface area contributed by atoms with E-state index < -0.39 is 0 Å². The van der Waals surface area contributed by atoms with Gasteiger partial charge in [0.05, 0.1) is 4.92 Å². The first kappa shape index (κ1) is 15.3. The van der Waals surface area contributed by atoms with Crippen molar-refractivity contribution >= 4 is 17.4 Å². The molecule has 5 heteroatoms. The van der Waals surface area contributed by atoms with E-state index in [1.165, 1.54) is 37.0 Å². The number of aryl methyl sites for hydroxylation is 1. The summed E-state index contributed by atoms with van der Waals surface area (Å²) in [6.07, 6.45) is 8.19. The molecular formula is C15H22N2O2S. The third-order valence-electron chi connectivity index (χ3n) is 3.75. The first-order chi connectivity index (χ1) is 9.70. The molecule has 0 aliphatic heterocycles. The van der Waals surface area contributed by atoms with Gasteiger partial charge in [-0.2, -0.15) is 0 Å². The molecule has 1 saturated carbocycles. The summed E-state index contributed by atoms with van der Waals surface area (Å²) in [5.74, 6) is 0. The van der Waals surface area contributed by atoms with Gasteiger partial charge in [0.25, 0.3) is 5.69 Å². The maximum absolute atomic E-state index is 10.9. The highest BCUT2D eigenvalue weighted by Crippen LogP contribution is 2.36. The van der Waals surface area contributed by atoms with E-state index in [1.54, 1.807) is 12.1 Å². The fourth-order valence-electron chi connectivity index (χ4n) is 2.64. The predicted octanol–water partition coefficient (Wildman–Crippen LogP) is 3.91. The molecule has 0 amide bonds. The summed E-state index contributed by atoms with van der Waals surface area (Å²) in [5.41, 5.74) is 6.84. The van der Waals surface area contributed by atoms with Crippen LogP contribution in [0, 0.1) is 10.1 Å². The van der Waals surface area contributed by atoms with Crippen LogP contribution >= 0.6 is 11.8 Å². The third-order valence-corrected chi connectivity index (χ3v) is 5.21. The van der Waals surface area contributed by atoms with Gasteiger partial charge in [-0.05, 0) is 43.9 Å². The Labute approximate surface area is 124 Å². The van der Waals surface area contributed by atoms with Crippen LogP contribution < -0.4 is 5.73 Å². The van der Waals surface area contributed by atoms with Crippen LogP contribution in [0.3, 0.4) is 0 Å². The topological polar surface area (TPSA) is 69.2 Å². The van der Waals surface area contributed by atoms with Crippen LogP contribution in [-0.4, -0.2) is 16.7 Å². The van der Waals surface area contributed by atoms with Crippen molar-refractivity contribution in [1.29, 1.82) is 0 Å². The number of benzene rings is 1. The van der Waals surface area contributed by atoms with Crippen LogP contribution in [0.2, 0.25) is 0 Å². The molecule has 1 aliphatic rings. The average molecular weight is 294 g/mol. The highest BCUT2D eigenvalue weighted by molar-refractivity contribution is 8.00. The van der Waals surface area contributed by atoms with E-state index in [-0.39, 0.29) is 10.6 Å². The second-order valence-corrected chi connectivity index (χ2v) is 6.66. The van der Waals surface area contributed by atoms with E-state index >= 15 is 0 Å². The minimum atomic E-state index is -0.318. The number of nitrogens with zero attached hydrogens (tertiary/aromatic N) is 1. The fourth-order valence-corrected chi connectivity index (χ4v) is 4.03. The van der Waals surface area contributed by atoms with E-state index in [1.807, 2.05) is 17.8 Å². The van der Waals surface area contributed by atoms with Crippen LogP contribution in [0.15, 0.2) is 23.1 Å². The maximum atomic E-state index is 10.9. The van der Waals surface area contributed by atoms with Gasteiger partial charge in [-0.1, -0.05) is 19.3 Å². The Hall–Kier alpha value is -1.07. The summed E-state index contributed by atoms with van der Waals surface area (Å²) < 4.78 is 0. The molecule has 0 unspecified atom stereocenters. The van der Waals surface area contributed by atoms with Crippen molar-refractivity contribution in [2.45, 2.75) is 55.1 Å². The molecule has 0 aromatic heterocycles. The van der Waals surface area contributed by atoms with E-state index in [0.717, 1.165) is 18.4 Å². The van der Waals surface area contributed by atoms with Crippen LogP contribution in [0.1, 0.15) is 44.1 Å². The van der Waals surface area contributed by atoms with E-state index in [2.05, 4.69) is 0 Å². The van der Waals surface area contributed by atoms with Crippen molar-refractivity contribution in [1.82, 2.24) is 0 Å². The number of hydrogen-bond donors (Lipinski definition) is 1. The van der Waals surface area contributed by atoms with Gasteiger partial charge < -0.3 is 5.73 Å². The number of thioether (sulfide) groups is 1. The summed E-state index contributed by atoms with van der Waals surface area (Å²) in [6, 6.07) is 5.27. The Morgan fingerprint density at radius 3 is 2.70 bits per heavy atom. The summed E-state index contributed by atoms with van der Waals surface area (Å²) in [7, 11) is 0. The van der Waals surface area contributed by atoms with Gasteiger partial charge in [-0.3, -0.25) is 10.1 Å². The van der Waals surface area contributed by atoms with Gasteiger partial charge in [-0.25, -0.2) is 0 Å². The summed E-state index contributed by atoms with van der Waals surface area (Å²) in [4.78, 5) is 11.8. The summed E-state index contributed by atoms with van der Waals surface area (Å²) >= 11 is 1.90. The lowest BCUT2D eigenvalue weighted by Crippen LogP contribution is -2.09. The highest BCUT2D eigenvalue weighted by atomic mass is 32.2. The van der Waals surface area contributed by atoms with Crippen molar-refractivity contribution in [3.05, 3.63) is 33.9 Å². The van der Waals surface area contributed by atoms with Gasteiger partial charge in [0, 0.05) is 22.3 Å². The molecule has 2 rings (SSSR count). The van der Waals surface area contributed by atoms with Crippen LogP contribution in [-0.2, 0) is 6.42 Å². The second-order valence-electron chi connectivity index (χ2n) is 5.32. The van der Waals surface area contributed by atoms with Crippen molar-refractivity contribution in [2.75, 3.05) is 6.54 Å². The lowest BCUT2D eigenvalue weighted by molar-refractivity contribution is -0.385. The van der Waals surface area contributed by atoms with Gasteiger partial charge in [-0.15, -0.1) is 11.8 Å². The van der Waals surface area contributed by atoms with Gasteiger partial charge >= 0.3 is 0 Å².